The van der Waals surface area contributed by atoms with Gasteiger partial charge in [-0.05, 0) is 19.8 Å². The molecule has 0 aromatic carbocycles. The number of nitriles is 1. The highest BCUT2D eigenvalue weighted by atomic mass is 16.3. The van der Waals surface area contributed by atoms with Gasteiger partial charge in [0.05, 0.1) is 18.2 Å². The molecule has 4 heteroatoms. The Hall–Kier alpha value is -0.630. The molecular formula is C13H25N3O. The van der Waals surface area contributed by atoms with Gasteiger partial charge in [-0.25, -0.2) is 0 Å². The third kappa shape index (κ3) is 5.03. The van der Waals surface area contributed by atoms with Gasteiger partial charge < -0.3 is 10.0 Å². The number of nitrogens with zero attached hydrogens (tertiary/aromatic N) is 3. The predicted molar refractivity (Wildman–Crippen MR) is 68.6 cm³/mol. The first-order valence-electron chi connectivity index (χ1n) is 6.71. The van der Waals surface area contributed by atoms with Crippen LogP contribution in [0.2, 0.25) is 0 Å². The molecule has 0 aliphatic carbocycles. The van der Waals surface area contributed by atoms with Crippen LogP contribution in [0.4, 0.5) is 0 Å². The summed E-state index contributed by atoms with van der Waals surface area (Å²) in [5, 5.41) is 18.4. The van der Waals surface area contributed by atoms with E-state index in [9.17, 15) is 5.11 Å². The van der Waals surface area contributed by atoms with Crippen LogP contribution in [0.1, 0.15) is 33.1 Å². The maximum absolute atomic E-state index is 9.25. The monoisotopic (exact) mass is 239 g/mol. The number of piperazine rings is 1. The molecule has 98 valence electrons. The fourth-order valence-electron chi connectivity index (χ4n) is 2.27. The van der Waals surface area contributed by atoms with E-state index in [0.29, 0.717) is 0 Å². The van der Waals surface area contributed by atoms with Gasteiger partial charge in [-0.3, -0.25) is 4.90 Å². The van der Waals surface area contributed by atoms with Gasteiger partial charge in [-0.2, -0.15) is 5.26 Å². The Labute approximate surface area is 105 Å². The summed E-state index contributed by atoms with van der Waals surface area (Å²) in [5.74, 6) is 0. The highest BCUT2D eigenvalue weighted by Gasteiger charge is 2.22. The lowest BCUT2D eigenvalue weighted by atomic mass is 10.1. The van der Waals surface area contributed by atoms with Crippen molar-refractivity contribution in [1.82, 2.24) is 9.80 Å². The number of hydrogen-bond donors (Lipinski definition) is 1. The summed E-state index contributed by atoms with van der Waals surface area (Å²) in [6.45, 7) is 8.95. The number of hydrogen-bond acceptors (Lipinski definition) is 4. The molecule has 0 saturated carbocycles. The molecule has 1 N–H and O–H groups in total. The van der Waals surface area contributed by atoms with Gasteiger partial charge in [0.25, 0.3) is 0 Å². The Kier molecular flexibility index (Phi) is 6.49. The number of aliphatic hydroxyl groups is 1. The van der Waals surface area contributed by atoms with Crippen molar-refractivity contribution in [3.63, 3.8) is 0 Å². The second-order valence-electron chi connectivity index (χ2n) is 4.95. The molecule has 0 radical (unpaired) electrons. The maximum atomic E-state index is 9.25. The molecular weight excluding hydrogens is 214 g/mol. The van der Waals surface area contributed by atoms with Crippen molar-refractivity contribution in [2.45, 2.75) is 45.3 Å². The molecule has 2 unspecified atom stereocenters. The Balaban J connectivity index is 2.27. The second-order valence-corrected chi connectivity index (χ2v) is 4.95. The molecule has 0 amide bonds. The van der Waals surface area contributed by atoms with E-state index in [0.717, 1.165) is 52.0 Å². The lowest BCUT2D eigenvalue weighted by Gasteiger charge is -2.37. The van der Waals surface area contributed by atoms with Crippen LogP contribution in [0.15, 0.2) is 0 Å². The van der Waals surface area contributed by atoms with Crippen LogP contribution in [-0.2, 0) is 0 Å². The van der Waals surface area contributed by atoms with Crippen LogP contribution in [0.5, 0.6) is 0 Å². The number of rotatable bonds is 6. The topological polar surface area (TPSA) is 50.5 Å². The van der Waals surface area contributed by atoms with Crippen LogP contribution in [0.25, 0.3) is 0 Å². The zero-order chi connectivity index (χ0) is 12.7. The van der Waals surface area contributed by atoms with Crippen LogP contribution in [0.3, 0.4) is 0 Å². The lowest BCUT2D eigenvalue weighted by Crippen LogP contribution is -2.50. The molecule has 1 heterocycles. The molecule has 1 aliphatic rings. The van der Waals surface area contributed by atoms with Crippen LogP contribution >= 0.6 is 0 Å². The Bertz CT molecular complexity index is 242. The van der Waals surface area contributed by atoms with E-state index >= 15 is 0 Å². The third-order valence-corrected chi connectivity index (χ3v) is 3.42. The minimum absolute atomic E-state index is 0.0962. The highest BCUT2D eigenvalue weighted by Crippen LogP contribution is 2.11. The predicted octanol–water partition coefficient (Wildman–Crippen LogP) is 1.07. The van der Waals surface area contributed by atoms with Crippen molar-refractivity contribution in [3.8, 4) is 6.07 Å². The van der Waals surface area contributed by atoms with E-state index in [-0.39, 0.29) is 12.1 Å². The van der Waals surface area contributed by atoms with Crippen LogP contribution in [0, 0.1) is 11.3 Å². The fourth-order valence-corrected chi connectivity index (χ4v) is 2.27. The SMILES string of the molecule is CCCC(C#N)N1CCN(CCC(C)O)CC1. The third-order valence-electron chi connectivity index (χ3n) is 3.42. The zero-order valence-corrected chi connectivity index (χ0v) is 11.1. The molecule has 4 nitrogen and oxygen atoms in total. The summed E-state index contributed by atoms with van der Waals surface area (Å²) in [6.07, 6.45) is 2.68. The molecule has 0 spiro atoms. The van der Waals surface area contributed by atoms with E-state index in [1.54, 1.807) is 0 Å². The average molecular weight is 239 g/mol. The van der Waals surface area contributed by atoms with Gasteiger partial charge in [0, 0.05) is 32.7 Å². The van der Waals surface area contributed by atoms with Gasteiger partial charge in [-0.15, -0.1) is 0 Å². The van der Waals surface area contributed by atoms with E-state index in [1.807, 2.05) is 6.92 Å². The van der Waals surface area contributed by atoms with Crippen molar-refractivity contribution in [1.29, 1.82) is 5.26 Å². The van der Waals surface area contributed by atoms with Gasteiger partial charge in [-0.1, -0.05) is 13.3 Å². The molecule has 1 fully saturated rings. The Morgan fingerprint density at radius 2 is 1.88 bits per heavy atom. The quantitative estimate of drug-likeness (QED) is 0.753. The van der Waals surface area contributed by atoms with Crippen molar-refractivity contribution >= 4 is 0 Å². The normalized spacial score (nSPS) is 22.0. The van der Waals surface area contributed by atoms with Crippen molar-refractivity contribution in [2.75, 3.05) is 32.7 Å². The van der Waals surface area contributed by atoms with E-state index in [1.165, 1.54) is 0 Å². The van der Waals surface area contributed by atoms with Gasteiger partial charge in [0.15, 0.2) is 0 Å². The summed E-state index contributed by atoms with van der Waals surface area (Å²) < 4.78 is 0. The number of aliphatic hydroxyl groups excluding tert-OH is 1. The van der Waals surface area contributed by atoms with Gasteiger partial charge in [0.2, 0.25) is 0 Å². The molecule has 1 aliphatic heterocycles. The Morgan fingerprint density at radius 3 is 2.35 bits per heavy atom. The molecule has 0 aromatic heterocycles. The van der Waals surface area contributed by atoms with Crippen LogP contribution < -0.4 is 0 Å². The van der Waals surface area contributed by atoms with E-state index < -0.39 is 0 Å². The van der Waals surface area contributed by atoms with Gasteiger partial charge >= 0.3 is 0 Å². The maximum Gasteiger partial charge on any atom is 0.0978 e. The minimum Gasteiger partial charge on any atom is -0.393 e. The minimum atomic E-state index is -0.208. The van der Waals surface area contributed by atoms with Crippen molar-refractivity contribution in [3.05, 3.63) is 0 Å². The molecule has 0 aromatic rings. The highest BCUT2D eigenvalue weighted by molar-refractivity contribution is 4.93. The molecule has 2 atom stereocenters. The largest absolute Gasteiger partial charge is 0.393 e. The molecule has 1 rings (SSSR count). The summed E-state index contributed by atoms with van der Waals surface area (Å²) in [4.78, 5) is 4.67. The Morgan fingerprint density at radius 1 is 1.24 bits per heavy atom. The lowest BCUT2D eigenvalue weighted by molar-refractivity contribution is 0.0938. The molecule has 17 heavy (non-hydrogen) atoms. The first-order valence-corrected chi connectivity index (χ1v) is 6.71. The summed E-state index contributed by atoms with van der Waals surface area (Å²) >= 11 is 0. The van der Waals surface area contributed by atoms with Gasteiger partial charge in [0.1, 0.15) is 0 Å². The van der Waals surface area contributed by atoms with Crippen molar-refractivity contribution in [2.24, 2.45) is 0 Å². The first-order chi connectivity index (χ1) is 8.17. The standard InChI is InChI=1S/C13H25N3O/c1-3-4-13(11-14)16-9-7-15(8-10-16)6-5-12(2)17/h12-13,17H,3-10H2,1-2H3. The summed E-state index contributed by atoms with van der Waals surface area (Å²) in [5.41, 5.74) is 0. The average Bonchev–Trinajstić information content (AvgIpc) is 2.34. The summed E-state index contributed by atoms with van der Waals surface area (Å²) in [6, 6.07) is 2.50. The fraction of sp³-hybridized carbons (Fsp3) is 0.923. The zero-order valence-electron chi connectivity index (χ0n) is 11.1. The summed E-state index contributed by atoms with van der Waals surface area (Å²) in [7, 11) is 0. The van der Waals surface area contributed by atoms with E-state index in [4.69, 9.17) is 5.26 Å². The second kappa shape index (κ2) is 7.65. The first kappa shape index (κ1) is 14.4. The molecule has 1 saturated heterocycles. The van der Waals surface area contributed by atoms with E-state index in [2.05, 4.69) is 22.8 Å². The molecule has 0 bridgehead atoms. The smallest absolute Gasteiger partial charge is 0.0978 e. The van der Waals surface area contributed by atoms with Crippen LogP contribution in [-0.4, -0.2) is 59.8 Å². The van der Waals surface area contributed by atoms with Crippen molar-refractivity contribution < 1.29 is 5.11 Å².